The van der Waals surface area contributed by atoms with Crippen LogP contribution in [0.2, 0.25) is 15.1 Å². The van der Waals surface area contributed by atoms with Gasteiger partial charge in [0.2, 0.25) is 0 Å². The molecule has 0 bridgehead atoms. The maximum atomic E-state index is 13.5. The Morgan fingerprint density at radius 2 is 1.81 bits per heavy atom. The second-order valence-electron chi connectivity index (χ2n) is 3.10. The Hall–Kier alpha value is -0.830. The van der Waals surface area contributed by atoms with Gasteiger partial charge in [-0.05, 0) is 18.2 Å². The SMILES string of the molecule is Fc1cnccc1-c1cc(Cl)cc(Cl)c1Cl. The molecule has 82 valence electrons. The Bertz CT molecular complexity index is 543. The first-order valence-corrected chi connectivity index (χ1v) is 5.47. The van der Waals surface area contributed by atoms with Crippen LogP contribution in [-0.2, 0) is 0 Å². The maximum absolute atomic E-state index is 13.5. The molecule has 16 heavy (non-hydrogen) atoms. The first-order chi connectivity index (χ1) is 7.59. The van der Waals surface area contributed by atoms with E-state index in [4.69, 9.17) is 34.8 Å². The smallest absolute Gasteiger partial charge is 0.149 e. The second kappa shape index (κ2) is 4.58. The van der Waals surface area contributed by atoms with Crippen LogP contribution in [0.5, 0.6) is 0 Å². The van der Waals surface area contributed by atoms with Crippen LogP contribution in [0.4, 0.5) is 4.39 Å². The van der Waals surface area contributed by atoms with Crippen molar-refractivity contribution in [3.05, 3.63) is 51.5 Å². The van der Waals surface area contributed by atoms with Crippen molar-refractivity contribution in [1.82, 2.24) is 4.98 Å². The van der Waals surface area contributed by atoms with E-state index < -0.39 is 5.82 Å². The number of hydrogen-bond acceptors (Lipinski definition) is 1. The first-order valence-electron chi connectivity index (χ1n) is 4.34. The quantitative estimate of drug-likeness (QED) is 0.679. The highest BCUT2D eigenvalue weighted by Crippen LogP contribution is 2.37. The third-order valence-corrected chi connectivity index (χ3v) is 3.08. The van der Waals surface area contributed by atoms with Crippen LogP contribution in [0.3, 0.4) is 0 Å². The molecule has 1 nitrogen and oxygen atoms in total. The topological polar surface area (TPSA) is 12.9 Å². The van der Waals surface area contributed by atoms with Crippen molar-refractivity contribution in [3.63, 3.8) is 0 Å². The molecule has 0 saturated carbocycles. The van der Waals surface area contributed by atoms with Crippen molar-refractivity contribution in [2.75, 3.05) is 0 Å². The monoisotopic (exact) mass is 275 g/mol. The van der Waals surface area contributed by atoms with Gasteiger partial charge in [-0.25, -0.2) is 4.39 Å². The summed E-state index contributed by atoms with van der Waals surface area (Å²) in [6, 6.07) is 4.59. The van der Waals surface area contributed by atoms with E-state index >= 15 is 0 Å². The highest BCUT2D eigenvalue weighted by atomic mass is 35.5. The normalized spacial score (nSPS) is 10.5. The molecule has 1 aromatic carbocycles. The van der Waals surface area contributed by atoms with Gasteiger partial charge in [0.15, 0.2) is 0 Å². The Balaban J connectivity index is 2.69. The van der Waals surface area contributed by atoms with Crippen LogP contribution < -0.4 is 0 Å². The highest BCUT2D eigenvalue weighted by molar-refractivity contribution is 6.45. The van der Waals surface area contributed by atoms with Gasteiger partial charge in [0, 0.05) is 22.3 Å². The number of rotatable bonds is 1. The van der Waals surface area contributed by atoms with Crippen molar-refractivity contribution < 1.29 is 4.39 Å². The van der Waals surface area contributed by atoms with Crippen LogP contribution in [0.25, 0.3) is 11.1 Å². The van der Waals surface area contributed by atoms with E-state index in [1.54, 1.807) is 6.07 Å². The van der Waals surface area contributed by atoms with E-state index in [1.807, 2.05) is 0 Å². The van der Waals surface area contributed by atoms with Gasteiger partial charge in [-0.15, -0.1) is 0 Å². The zero-order valence-corrected chi connectivity index (χ0v) is 10.1. The van der Waals surface area contributed by atoms with Gasteiger partial charge in [0.1, 0.15) is 5.82 Å². The molecule has 1 aromatic heterocycles. The fourth-order valence-corrected chi connectivity index (χ4v) is 2.05. The molecular formula is C11H5Cl3FN. The van der Waals surface area contributed by atoms with E-state index in [1.165, 1.54) is 18.3 Å². The van der Waals surface area contributed by atoms with Crippen molar-refractivity contribution >= 4 is 34.8 Å². The summed E-state index contributed by atoms with van der Waals surface area (Å²) in [6.45, 7) is 0. The van der Waals surface area contributed by atoms with Gasteiger partial charge in [-0.1, -0.05) is 34.8 Å². The van der Waals surface area contributed by atoms with E-state index in [2.05, 4.69) is 4.98 Å². The summed E-state index contributed by atoms with van der Waals surface area (Å²) in [7, 11) is 0. The third-order valence-electron chi connectivity index (χ3n) is 2.06. The third kappa shape index (κ3) is 2.14. The molecule has 0 atom stereocenters. The fraction of sp³-hybridized carbons (Fsp3) is 0. The van der Waals surface area contributed by atoms with Crippen LogP contribution in [0.15, 0.2) is 30.6 Å². The van der Waals surface area contributed by atoms with Crippen LogP contribution in [0.1, 0.15) is 0 Å². The summed E-state index contributed by atoms with van der Waals surface area (Å²) in [5, 5.41) is 0.970. The second-order valence-corrected chi connectivity index (χ2v) is 4.33. The van der Waals surface area contributed by atoms with Gasteiger partial charge >= 0.3 is 0 Å². The Labute approximate surface area is 107 Å². The van der Waals surface area contributed by atoms with Crippen LogP contribution in [-0.4, -0.2) is 4.98 Å². The van der Waals surface area contributed by atoms with E-state index in [0.29, 0.717) is 21.2 Å². The summed E-state index contributed by atoms with van der Waals surface area (Å²) in [5.41, 5.74) is 0.781. The first kappa shape index (κ1) is 11.6. The Kier molecular flexibility index (Phi) is 3.33. The van der Waals surface area contributed by atoms with Crippen molar-refractivity contribution in [2.45, 2.75) is 0 Å². The molecule has 0 aliphatic carbocycles. The lowest BCUT2D eigenvalue weighted by atomic mass is 10.1. The lowest BCUT2D eigenvalue weighted by Crippen LogP contribution is -1.87. The standard InChI is InChI=1S/C11H5Cl3FN/c12-6-3-8(11(14)9(13)4-6)7-1-2-16-5-10(7)15/h1-5H. The molecular weight excluding hydrogens is 271 g/mol. The molecule has 0 aliphatic rings. The van der Waals surface area contributed by atoms with Crippen LogP contribution >= 0.6 is 34.8 Å². The number of hydrogen-bond donors (Lipinski definition) is 0. The number of pyridine rings is 1. The summed E-state index contributed by atoms with van der Waals surface area (Å²) in [5.74, 6) is -0.470. The number of benzene rings is 1. The maximum Gasteiger partial charge on any atom is 0.149 e. The van der Waals surface area contributed by atoms with Gasteiger partial charge in [-0.3, -0.25) is 4.98 Å². The van der Waals surface area contributed by atoms with Crippen molar-refractivity contribution in [3.8, 4) is 11.1 Å². The molecule has 0 radical (unpaired) electrons. The molecule has 2 rings (SSSR count). The number of nitrogens with zero attached hydrogens (tertiary/aromatic N) is 1. The minimum absolute atomic E-state index is 0.274. The minimum Gasteiger partial charge on any atom is -0.262 e. The molecule has 1 heterocycles. The average molecular weight is 277 g/mol. The molecule has 5 heteroatoms. The Morgan fingerprint density at radius 3 is 2.50 bits per heavy atom. The molecule has 0 N–H and O–H groups in total. The molecule has 0 amide bonds. The molecule has 0 unspecified atom stereocenters. The summed E-state index contributed by atoms with van der Waals surface area (Å²) < 4.78 is 13.5. The zero-order chi connectivity index (χ0) is 11.7. The largest absolute Gasteiger partial charge is 0.262 e. The molecule has 0 aliphatic heterocycles. The van der Waals surface area contributed by atoms with Crippen LogP contribution in [0, 0.1) is 5.82 Å². The van der Waals surface area contributed by atoms with E-state index in [9.17, 15) is 4.39 Å². The predicted octanol–water partition coefficient (Wildman–Crippen LogP) is 4.85. The zero-order valence-electron chi connectivity index (χ0n) is 7.85. The average Bonchev–Trinajstić information content (AvgIpc) is 2.24. The Morgan fingerprint density at radius 1 is 1.06 bits per heavy atom. The van der Waals surface area contributed by atoms with E-state index in [-0.39, 0.29) is 5.02 Å². The van der Waals surface area contributed by atoms with Gasteiger partial charge in [-0.2, -0.15) is 0 Å². The van der Waals surface area contributed by atoms with Gasteiger partial charge in [0.25, 0.3) is 0 Å². The summed E-state index contributed by atoms with van der Waals surface area (Å²) >= 11 is 17.7. The number of aromatic nitrogens is 1. The summed E-state index contributed by atoms with van der Waals surface area (Å²) in [6.07, 6.45) is 2.59. The summed E-state index contributed by atoms with van der Waals surface area (Å²) in [4.78, 5) is 3.66. The predicted molar refractivity (Wildman–Crippen MR) is 64.7 cm³/mol. The minimum atomic E-state index is -0.470. The molecule has 2 aromatic rings. The van der Waals surface area contributed by atoms with Gasteiger partial charge in [0.05, 0.1) is 16.2 Å². The number of halogens is 4. The molecule has 0 saturated heterocycles. The van der Waals surface area contributed by atoms with Crippen molar-refractivity contribution in [2.24, 2.45) is 0 Å². The molecule has 0 spiro atoms. The van der Waals surface area contributed by atoms with Crippen molar-refractivity contribution in [1.29, 1.82) is 0 Å². The molecule has 0 fully saturated rings. The fourth-order valence-electron chi connectivity index (χ4n) is 1.35. The lowest BCUT2D eigenvalue weighted by Gasteiger charge is -2.07. The highest BCUT2D eigenvalue weighted by Gasteiger charge is 2.12. The van der Waals surface area contributed by atoms with E-state index in [0.717, 1.165) is 6.20 Å². The van der Waals surface area contributed by atoms with Gasteiger partial charge < -0.3 is 0 Å². The lowest BCUT2D eigenvalue weighted by molar-refractivity contribution is 0.625.